The highest BCUT2D eigenvalue weighted by atomic mass is 79.9. The molecule has 0 N–H and O–H groups in total. The van der Waals surface area contributed by atoms with Crippen molar-refractivity contribution >= 4 is 59.9 Å². The van der Waals surface area contributed by atoms with Crippen LogP contribution >= 0.6 is 31.9 Å². The molecular formula is C20H12Br2N2O3. The summed E-state index contributed by atoms with van der Waals surface area (Å²) in [6.45, 7) is 0. The van der Waals surface area contributed by atoms with E-state index in [1.807, 2.05) is 24.3 Å². The molecule has 27 heavy (non-hydrogen) atoms. The lowest BCUT2D eigenvalue weighted by Gasteiger charge is -2.11. The first-order chi connectivity index (χ1) is 13.1. The molecule has 1 aromatic heterocycles. The van der Waals surface area contributed by atoms with Gasteiger partial charge in [-0.05, 0) is 74.3 Å². The van der Waals surface area contributed by atoms with Gasteiger partial charge < -0.3 is 9.47 Å². The topological polar surface area (TPSA) is 61.3 Å². The number of halogens is 2. The van der Waals surface area contributed by atoms with Crippen molar-refractivity contribution in [2.75, 3.05) is 7.11 Å². The van der Waals surface area contributed by atoms with Crippen LogP contribution in [0.4, 0.5) is 0 Å². The highest BCUT2D eigenvalue weighted by Crippen LogP contribution is 2.38. The smallest absolute Gasteiger partial charge is 0.343 e. The largest absolute Gasteiger partial charge is 0.497 e. The van der Waals surface area contributed by atoms with Crippen molar-refractivity contribution in [3.8, 4) is 11.5 Å². The van der Waals surface area contributed by atoms with Crippen LogP contribution in [0.25, 0.3) is 22.1 Å². The summed E-state index contributed by atoms with van der Waals surface area (Å²) in [6.07, 6.45) is 0. The highest BCUT2D eigenvalue weighted by Gasteiger charge is 2.18. The molecular weight excluding hydrogens is 476 g/mol. The van der Waals surface area contributed by atoms with Gasteiger partial charge in [0.15, 0.2) is 5.75 Å². The monoisotopic (exact) mass is 486 g/mol. The van der Waals surface area contributed by atoms with Crippen LogP contribution in [0.15, 0.2) is 63.5 Å². The van der Waals surface area contributed by atoms with Crippen LogP contribution in [0.5, 0.6) is 11.5 Å². The van der Waals surface area contributed by atoms with Gasteiger partial charge in [0.25, 0.3) is 0 Å². The summed E-state index contributed by atoms with van der Waals surface area (Å²) in [5.74, 6) is 0.503. The van der Waals surface area contributed by atoms with Crippen LogP contribution in [0.1, 0.15) is 10.4 Å². The van der Waals surface area contributed by atoms with Crippen molar-refractivity contribution in [3.05, 3.63) is 69.1 Å². The molecule has 0 saturated carbocycles. The number of esters is 1. The number of rotatable bonds is 3. The Morgan fingerprint density at radius 2 is 1.52 bits per heavy atom. The normalized spacial score (nSPS) is 10.9. The molecule has 1 heterocycles. The zero-order valence-electron chi connectivity index (χ0n) is 14.1. The van der Waals surface area contributed by atoms with Crippen LogP contribution < -0.4 is 9.47 Å². The molecule has 0 atom stereocenters. The second-order valence-electron chi connectivity index (χ2n) is 5.70. The Morgan fingerprint density at radius 3 is 2.15 bits per heavy atom. The summed E-state index contributed by atoms with van der Waals surface area (Å²) in [5.41, 5.74) is 3.01. The third-order valence-corrected chi connectivity index (χ3v) is 5.20. The molecule has 0 amide bonds. The number of aromatic nitrogens is 2. The maximum atomic E-state index is 12.6. The molecule has 3 aromatic carbocycles. The molecule has 0 aliphatic heterocycles. The van der Waals surface area contributed by atoms with E-state index >= 15 is 0 Å². The summed E-state index contributed by atoms with van der Waals surface area (Å²) < 4.78 is 12.1. The number of para-hydroxylation sites is 2. The van der Waals surface area contributed by atoms with E-state index in [0.717, 1.165) is 15.5 Å². The van der Waals surface area contributed by atoms with Gasteiger partial charge in [-0.15, -0.1) is 0 Å². The average molecular weight is 488 g/mol. The number of ether oxygens (including phenoxy) is 2. The van der Waals surface area contributed by atoms with Crippen molar-refractivity contribution in [3.63, 3.8) is 0 Å². The van der Waals surface area contributed by atoms with Gasteiger partial charge in [0, 0.05) is 4.47 Å². The first-order valence-corrected chi connectivity index (χ1v) is 9.56. The third-order valence-electron chi connectivity index (χ3n) is 4.00. The summed E-state index contributed by atoms with van der Waals surface area (Å²) in [4.78, 5) is 21.9. The van der Waals surface area contributed by atoms with Gasteiger partial charge in [-0.2, -0.15) is 0 Å². The van der Waals surface area contributed by atoms with Crippen LogP contribution in [0.3, 0.4) is 0 Å². The summed E-state index contributed by atoms with van der Waals surface area (Å²) in [7, 11) is 1.57. The molecule has 0 aliphatic carbocycles. The van der Waals surface area contributed by atoms with Crippen LogP contribution in [0.2, 0.25) is 0 Å². The minimum atomic E-state index is -0.489. The maximum absolute atomic E-state index is 12.6. The fraction of sp³-hybridized carbons (Fsp3) is 0.0500. The second kappa shape index (κ2) is 7.25. The fourth-order valence-electron chi connectivity index (χ4n) is 2.66. The van der Waals surface area contributed by atoms with E-state index in [4.69, 9.17) is 9.47 Å². The molecule has 0 fully saturated rings. The quantitative estimate of drug-likeness (QED) is 0.216. The minimum absolute atomic E-state index is 0.326. The number of carbonyl (C=O) groups is 1. The molecule has 0 radical (unpaired) electrons. The Balaban J connectivity index is 1.82. The van der Waals surface area contributed by atoms with Gasteiger partial charge in [-0.1, -0.05) is 12.1 Å². The Hall–Kier alpha value is -2.51. The van der Waals surface area contributed by atoms with Crippen molar-refractivity contribution in [1.82, 2.24) is 9.97 Å². The summed E-state index contributed by atoms with van der Waals surface area (Å²) in [5, 5.41) is 0. The fourth-order valence-corrected chi connectivity index (χ4v) is 3.97. The zero-order chi connectivity index (χ0) is 19.0. The Morgan fingerprint density at radius 1 is 0.889 bits per heavy atom. The molecule has 0 bridgehead atoms. The number of methoxy groups -OCH3 is 1. The Bertz CT molecular complexity index is 1180. The number of hydrogen-bond acceptors (Lipinski definition) is 5. The predicted molar refractivity (Wildman–Crippen MR) is 110 cm³/mol. The summed E-state index contributed by atoms with van der Waals surface area (Å²) >= 11 is 6.97. The van der Waals surface area contributed by atoms with Crippen molar-refractivity contribution in [2.45, 2.75) is 0 Å². The van der Waals surface area contributed by atoms with Crippen LogP contribution in [-0.2, 0) is 0 Å². The molecule has 4 rings (SSSR count). The number of fused-ring (bicyclic) bond motifs is 2. The van der Waals surface area contributed by atoms with E-state index in [2.05, 4.69) is 41.8 Å². The summed E-state index contributed by atoms with van der Waals surface area (Å²) in [6, 6.07) is 16.1. The SMILES string of the molecule is COc1ccc(C(=O)Oc2c(Br)cc(Br)c3nc4ccccc4nc23)cc1. The number of hydrogen-bond donors (Lipinski definition) is 0. The van der Waals surface area contributed by atoms with Gasteiger partial charge in [-0.25, -0.2) is 14.8 Å². The molecule has 0 unspecified atom stereocenters. The first-order valence-electron chi connectivity index (χ1n) is 7.97. The number of benzene rings is 3. The van der Waals surface area contributed by atoms with E-state index in [-0.39, 0.29) is 0 Å². The highest BCUT2D eigenvalue weighted by molar-refractivity contribution is 9.11. The molecule has 7 heteroatoms. The maximum Gasteiger partial charge on any atom is 0.343 e. The Kier molecular flexibility index (Phi) is 4.80. The van der Waals surface area contributed by atoms with Gasteiger partial charge in [0.1, 0.15) is 16.8 Å². The third kappa shape index (κ3) is 3.40. The lowest BCUT2D eigenvalue weighted by Crippen LogP contribution is -2.09. The van der Waals surface area contributed by atoms with Gasteiger partial charge in [0.05, 0.1) is 28.2 Å². The van der Waals surface area contributed by atoms with Gasteiger partial charge >= 0.3 is 5.97 Å². The lowest BCUT2D eigenvalue weighted by molar-refractivity contribution is 0.0735. The Labute approximate surface area is 171 Å². The van der Waals surface area contributed by atoms with E-state index in [9.17, 15) is 4.79 Å². The van der Waals surface area contributed by atoms with E-state index < -0.39 is 5.97 Å². The van der Waals surface area contributed by atoms with E-state index in [1.165, 1.54) is 0 Å². The van der Waals surface area contributed by atoms with Crippen molar-refractivity contribution in [1.29, 1.82) is 0 Å². The number of nitrogens with zero attached hydrogens (tertiary/aromatic N) is 2. The predicted octanol–water partition coefficient (Wildman–Crippen LogP) is 5.54. The van der Waals surface area contributed by atoms with Gasteiger partial charge in [-0.3, -0.25) is 0 Å². The lowest BCUT2D eigenvalue weighted by atomic mass is 10.2. The van der Waals surface area contributed by atoms with E-state index in [0.29, 0.717) is 32.6 Å². The van der Waals surface area contributed by atoms with Crippen LogP contribution in [0, 0.1) is 0 Å². The molecule has 4 aromatic rings. The molecule has 5 nitrogen and oxygen atoms in total. The van der Waals surface area contributed by atoms with E-state index in [1.54, 1.807) is 37.4 Å². The first kappa shape index (κ1) is 17.9. The molecule has 0 saturated heterocycles. The second-order valence-corrected chi connectivity index (χ2v) is 7.41. The molecule has 134 valence electrons. The molecule has 0 spiro atoms. The number of carbonyl (C=O) groups excluding carboxylic acids is 1. The standard InChI is InChI=1S/C20H12Br2N2O3/c1-26-12-8-6-11(7-9-12)20(25)27-19-14(22)10-13(21)17-18(19)24-16-5-3-2-4-15(16)23-17/h2-10H,1H3. The van der Waals surface area contributed by atoms with Crippen molar-refractivity contribution in [2.24, 2.45) is 0 Å². The van der Waals surface area contributed by atoms with Crippen LogP contribution in [-0.4, -0.2) is 23.0 Å². The molecule has 0 aliphatic rings. The average Bonchev–Trinajstić information content (AvgIpc) is 2.70. The van der Waals surface area contributed by atoms with Crippen molar-refractivity contribution < 1.29 is 14.3 Å². The minimum Gasteiger partial charge on any atom is -0.497 e. The van der Waals surface area contributed by atoms with Gasteiger partial charge in [0.2, 0.25) is 0 Å². The zero-order valence-corrected chi connectivity index (χ0v) is 17.2.